The molecule has 1 aliphatic rings. The number of para-hydroxylation sites is 2. The summed E-state index contributed by atoms with van der Waals surface area (Å²) in [5.74, 6) is 2.04. The van der Waals surface area contributed by atoms with Crippen molar-refractivity contribution in [2.24, 2.45) is 0 Å². The molecule has 0 aliphatic carbocycles. The van der Waals surface area contributed by atoms with Crippen LogP contribution in [0.4, 0.5) is 21.9 Å². The van der Waals surface area contributed by atoms with E-state index < -0.39 is 0 Å². The summed E-state index contributed by atoms with van der Waals surface area (Å²) in [5.41, 5.74) is 11.8. The maximum Gasteiger partial charge on any atom is 0.319 e. The van der Waals surface area contributed by atoms with Crippen LogP contribution in [0.2, 0.25) is 0 Å². The van der Waals surface area contributed by atoms with Gasteiger partial charge < -0.3 is 35.8 Å². The number of rotatable bonds is 12. The minimum atomic E-state index is -0.297. The first-order chi connectivity index (χ1) is 20.7. The molecular weight excluding hydrogens is 611 g/mol. The molecule has 1 heterocycles. The number of ether oxygens (including phenoxy) is 2. The van der Waals surface area contributed by atoms with Crippen LogP contribution in [-0.4, -0.2) is 51.1 Å². The number of hydrogen-bond acceptors (Lipinski definition) is 6. The second kappa shape index (κ2) is 17.4. The van der Waals surface area contributed by atoms with Gasteiger partial charge in [-0.25, -0.2) is 4.79 Å². The molecule has 0 bridgehead atoms. The number of nitrogen functional groups attached to an aromatic ring is 1. The normalized spacial score (nSPS) is 13.9. The van der Waals surface area contributed by atoms with Crippen LogP contribution in [0.25, 0.3) is 0 Å². The lowest BCUT2D eigenvalue weighted by molar-refractivity contribution is 0.233. The Hall–Kier alpha value is -3.33. The van der Waals surface area contributed by atoms with Crippen LogP contribution in [0, 0.1) is 0 Å². The van der Waals surface area contributed by atoms with Gasteiger partial charge in [0, 0.05) is 49.5 Å². The Morgan fingerprint density at radius 1 is 0.978 bits per heavy atom. The van der Waals surface area contributed by atoms with E-state index in [0.717, 1.165) is 65.5 Å². The van der Waals surface area contributed by atoms with E-state index in [4.69, 9.17) is 15.2 Å². The summed E-state index contributed by atoms with van der Waals surface area (Å²) < 4.78 is 11.6. The Balaban J connectivity index is 0.00000353. The Labute approximate surface area is 280 Å². The molecule has 2 amide bonds. The average molecular weight is 662 g/mol. The number of piperidine rings is 1. The van der Waals surface area contributed by atoms with Crippen molar-refractivity contribution >= 4 is 47.9 Å². The number of benzene rings is 3. The number of nitrogens with zero attached hydrogens (tertiary/aromatic N) is 1. The van der Waals surface area contributed by atoms with Gasteiger partial charge in [0.1, 0.15) is 11.5 Å². The van der Waals surface area contributed by atoms with Gasteiger partial charge in [0.15, 0.2) is 0 Å². The van der Waals surface area contributed by atoms with Crippen LogP contribution in [0.5, 0.6) is 11.5 Å². The number of urea groups is 1. The van der Waals surface area contributed by atoms with Gasteiger partial charge in [0.2, 0.25) is 0 Å². The SMILES string of the molecule is COc1ccccc1N1CCC(CNC(=O)Nc2c(C(C)C)cc(N)cc2C(C)C)(c2cccc(OCCCO)c2)CC1.Cl.Cl. The van der Waals surface area contributed by atoms with Crippen molar-refractivity contribution in [3.05, 3.63) is 77.4 Å². The van der Waals surface area contributed by atoms with E-state index in [2.05, 4.69) is 61.4 Å². The van der Waals surface area contributed by atoms with Gasteiger partial charge in [-0.15, -0.1) is 24.8 Å². The topological polar surface area (TPSA) is 109 Å². The third-order valence-electron chi connectivity index (χ3n) is 8.46. The number of amides is 2. The number of halogens is 2. The van der Waals surface area contributed by atoms with E-state index in [1.54, 1.807) is 7.11 Å². The first kappa shape index (κ1) is 37.9. The lowest BCUT2D eigenvalue weighted by Gasteiger charge is -2.43. The Bertz CT molecular complexity index is 1350. The smallest absolute Gasteiger partial charge is 0.319 e. The number of nitrogens with one attached hydrogen (secondary N) is 2. The molecule has 248 valence electrons. The second-order valence-corrected chi connectivity index (χ2v) is 12.1. The predicted molar refractivity (Wildman–Crippen MR) is 190 cm³/mol. The summed E-state index contributed by atoms with van der Waals surface area (Å²) in [6.45, 7) is 11.1. The standard InChI is InChI=1S/C35H48N4O4.2ClH/c1-24(2)29-21-27(36)22-30(25(3)4)33(29)38-34(41)37-23-35(26-10-8-11-28(20-26)43-19-9-18-40)14-16-39(17-15-35)31-12-6-7-13-32(31)42-5;;/h6-8,10-13,20-22,24-25,40H,9,14-19,23,36H2,1-5H3,(H2,37,38,41);2*1H. The maximum atomic E-state index is 13.5. The molecule has 0 atom stereocenters. The van der Waals surface area contributed by atoms with Crippen molar-refractivity contribution in [1.82, 2.24) is 5.32 Å². The van der Waals surface area contributed by atoms with Crippen LogP contribution < -0.4 is 30.7 Å². The van der Waals surface area contributed by atoms with E-state index >= 15 is 0 Å². The van der Waals surface area contributed by atoms with E-state index in [0.29, 0.717) is 25.3 Å². The lowest BCUT2D eigenvalue weighted by Crippen LogP contribution is -2.49. The van der Waals surface area contributed by atoms with Crippen molar-refractivity contribution in [3.8, 4) is 11.5 Å². The minimum absolute atomic E-state index is 0. The zero-order valence-electron chi connectivity index (χ0n) is 27.1. The molecule has 5 N–H and O–H groups in total. The number of hydrogen-bond donors (Lipinski definition) is 4. The number of methoxy groups -OCH3 is 1. The highest BCUT2D eigenvalue weighted by Gasteiger charge is 2.37. The van der Waals surface area contributed by atoms with Gasteiger partial charge in [-0.3, -0.25) is 0 Å². The molecular formula is C35H50Cl2N4O4. The number of anilines is 3. The molecule has 1 saturated heterocycles. The molecule has 0 unspecified atom stereocenters. The summed E-state index contributed by atoms with van der Waals surface area (Å²) in [4.78, 5) is 15.9. The Morgan fingerprint density at radius 2 is 1.62 bits per heavy atom. The Kier molecular flexibility index (Phi) is 14.6. The monoisotopic (exact) mass is 660 g/mol. The van der Waals surface area contributed by atoms with Gasteiger partial charge in [0.05, 0.1) is 19.4 Å². The van der Waals surface area contributed by atoms with Gasteiger partial charge in [0.25, 0.3) is 0 Å². The van der Waals surface area contributed by atoms with E-state index in [-0.39, 0.29) is 54.7 Å². The fraction of sp³-hybridized carbons (Fsp3) is 0.457. The van der Waals surface area contributed by atoms with Gasteiger partial charge in [-0.1, -0.05) is 52.0 Å². The molecule has 0 saturated carbocycles. The molecule has 0 aromatic heterocycles. The number of aliphatic hydroxyl groups is 1. The largest absolute Gasteiger partial charge is 0.495 e. The summed E-state index contributed by atoms with van der Waals surface area (Å²) in [7, 11) is 1.70. The molecule has 3 aromatic carbocycles. The van der Waals surface area contributed by atoms with Crippen LogP contribution in [0.15, 0.2) is 60.7 Å². The minimum Gasteiger partial charge on any atom is -0.495 e. The first-order valence-electron chi connectivity index (χ1n) is 15.4. The van der Waals surface area contributed by atoms with Crippen LogP contribution in [-0.2, 0) is 5.41 Å². The predicted octanol–water partition coefficient (Wildman–Crippen LogP) is 7.49. The number of carbonyl (C=O) groups excluding carboxylic acids is 1. The van der Waals surface area contributed by atoms with Gasteiger partial charge in [-0.05, 0) is 77.8 Å². The van der Waals surface area contributed by atoms with Crippen molar-refractivity contribution < 1.29 is 19.4 Å². The molecule has 10 heteroatoms. The average Bonchev–Trinajstić information content (AvgIpc) is 3.01. The van der Waals surface area contributed by atoms with Crippen LogP contribution >= 0.6 is 24.8 Å². The summed E-state index contributed by atoms with van der Waals surface area (Å²) in [6, 6.07) is 20.0. The quantitative estimate of drug-likeness (QED) is 0.118. The van der Waals surface area contributed by atoms with Crippen molar-refractivity contribution in [3.63, 3.8) is 0 Å². The highest BCUT2D eigenvalue weighted by atomic mass is 35.5. The molecule has 8 nitrogen and oxygen atoms in total. The highest BCUT2D eigenvalue weighted by Crippen LogP contribution is 2.40. The molecule has 0 radical (unpaired) electrons. The second-order valence-electron chi connectivity index (χ2n) is 12.1. The van der Waals surface area contributed by atoms with Crippen molar-refractivity contribution in [1.29, 1.82) is 0 Å². The highest BCUT2D eigenvalue weighted by molar-refractivity contribution is 5.92. The first-order valence-corrected chi connectivity index (χ1v) is 15.4. The van der Waals surface area contributed by atoms with Crippen molar-refractivity contribution in [2.45, 2.75) is 64.2 Å². The van der Waals surface area contributed by atoms with Crippen LogP contribution in [0.3, 0.4) is 0 Å². The summed E-state index contributed by atoms with van der Waals surface area (Å²) >= 11 is 0. The molecule has 0 spiro atoms. The zero-order valence-corrected chi connectivity index (χ0v) is 28.7. The maximum absolute atomic E-state index is 13.5. The lowest BCUT2D eigenvalue weighted by atomic mass is 9.72. The summed E-state index contributed by atoms with van der Waals surface area (Å²) in [5, 5.41) is 15.6. The third kappa shape index (κ3) is 9.35. The zero-order chi connectivity index (χ0) is 31.0. The van der Waals surface area contributed by atoms with Gasteiger partial charge in [-0.2, -0.15) is 0 Å². The van der Waals surface area contributed by atoms with Gasteiger partial charge >= 0.3 is 6.03 Å². The molecule has 4 rings (SSSR count). The Morgan fingerprint density at radius 3 is 2.22 bits per heavy atom. The van der Waals surface area contributed by atoms with Crippen LogP contribution in [0.1, 0.15) is 75.5 Å². The van der Waals surface area contributed by atoms with E-state index in [9.17, 15) is 9.90 Å². The fourth-order valence-electron chi connectivity index (χ4n) is 5.98. The molecule has 1 fully saturated rings. The number of carbonyl (C=O) groups is 1. The number of aliphatic hydroxyl groups excluding tert-OH is 1. The molecule has 1 aliphatic heterocycles. The molecule has 3 aromatic rings. The van der Waals surface area contributed by atoms with E-state index in [1.807, 2.05) is 42.5 Å². The molecule has 45 heavy (non-hydrogen) atoms. The van der Waals surface area contributed by atoms with Crippen molar-refractivity contribution in [2.75, 3.05) is 55.9 Å². The fourth-order valence-corrected chi connectivity index (χ4v) is 5.98. The number of nitrogens with two attached hydrogens (primary N) is 1. The third-order valence-corrected chi connectivity index (χ3v) is 8.46. The summed E-state index contributed by atoms with van der Waals surface area (Å²) in [6.07, 6.45) is 2.25. The van der Waals surface area contributed by atoms with E-state index in [1.165, 1.54) is 0 Å².